The van der Waals surface area contributed by atoms with E-state index in [1.807, 2.05) is 31.2 Å². The molecule has 4 aliphatic rings. The Morgan fingerprint density at radius 2 is 1.67 bits per heavy atom. The number of carbonyl (C=O) groups excluding carboxylic acids is 1. The van der Waals surface area contributed by atoms with Crippen molar-refractivity contribution in [2.45, 2.75) is 37.8 Å². The molecule has 0 saturated carbocycles. The summed E-state index contributed by atoms with van der Waals surface area (Å²) in [6.45, 7) is 5.08. The summed E-state index contributed by atoms with van der Waals surface area (Å²) in [5.74, 6) is -1.58. The fourth-order valence-electron chi connectivity index (χ4n) is 4.76. The first-order chi connectivity index (χ1) is 15.9. The minimum Gasteiger partial charge on any atom is -0.449 e. The van der Waals surface area contributed by atoms with Gasteiger partial charge in [0.05, 0.1) is 25.9 Å². The van der Waals surface area contributed by atoms with Crippen LogP contribution >= 0.6 is 0 Å². The van der Waals surface area contributed by atoms with Gasteiger partial charge in [-0.15, -0.1) is 0 Å². The van der Waals surface area contributed by atoms with Crippen LogP contribution in [-0.4, -0.2) is 50.6 Å². The molecule has 2 aromatic carbocycles. The van der Waals surface area contributed by atoms with E-state index in [4.69, 9.17) is 24.5 Å². The molecular formula is C24H26N4O5. The van der Waals surface area contributed by atoms with Crippen LogP contribution < -0.4 is 5.32 Å². The van der Waals surface area contributed by atoms with E-state index < -0.39 is 24.2 Å². The van der Waals surface area contributed by atoms with E-state index in [0.717, 1.165) is 22.3 Å². The molecule has 6 rings (SSSR count). The molecule has 3 aliphatic heterocycles. The highest BCUT2D eigenvalue weighted by atomic mass is 16.9. The zero-order chi connectivity index (χ0) is 23.1. The molecule has 3 fully saturated rings. The largest absolute Gasteiger partial charge is 0.449 e. The predicted octanol–water partition coefficient (Wildman–Crippen LogP) is 4.33. The third kappa shape index (κ3) is 3.83. The van der Waals surface area contributed by atoms with Crippen LogP contribution in [-0.2, 0) is 18.9 Å². The Kier molecular flexibility index (Phi) is 5.50. The first-order valence-electron chi connectivity index (χ1n) is 11.0. The van der Waals surface area contributed by atoms with E-state index >= 15 is 0 Å². The second kappa shape index (κ2) is 8.35. The smallest absolute Gasteiger partial charge is 0.407 e. The number of rotatable bonds is 6. The number of nitrogens with one attached hydrogen (secondary N) is 1. The molecule has 33 heavy (non-hydrogen) atoms. The van der Waals surface area contributed by atoms with Gasteiger partial charge in [0, 0.05) is 16.2 Å². The monoisotopic (exact) mass is 450 g/mol. The number of hydrogen-bond donors (Lipinski definition) is 1. The Balaban J connectivity index is 1.32. The molecule has 0 spiro atoms. The summed E-state index contributed by atoms with van der Waals surface area (Å²) in [6.07, 6.45) is -0.661. The average molecular weight is 450 g/mol. The number of alkyl carbamates (subject to hydrolysis) is 1. The normalized spacial score (nSPS) is 27.1. The zero-order valence-corrected chi connectivity index (χ0v) is 18.6. The number of hydrogen-bond acceptors (Lipinski definition) is 6. The number of carbonyl (C=O) groups is 1. The predicted molar refractivity (Wildman–Crippen MR) is 119 cm³/mol. The van der Waals surface area contributed by atoms with Gasteiger partial charge in [0.1, 0.15) is 12.6 Å². The van der Waals surface area contributed by atoms with Gasteiger partial charge in [-0.05, 0) is 27.8 Å². The first kappa shape index (κ1) is 21.7. The van der Waals surface area contributed by atoms with E-state index in [9.17, 15) is 4.79 Å². The maximum Gasteiger partial charge on any atom is 0.407 e. The molecule has 0 unspecified atom stereocenters. The second-order valence-corrected chi connectivity index (χ2v) is 9.17. The van der Waals surface area contributed by atoms with Crippen molar-refractivity contribution in [3.63, 3.8) is 0 Å². The lowest BCUT2D eigenvalue weighted by Crippen LogP contribution is -2.69. The summed E-state index contributed by atoms with van der Waals surface area (Å²) in [4.78, 5) is 15.8. The van der Waals surface area contributed by atoms with Crippen LogP contribution in [0.5, 0.6) is 0 Å². The van der Waals surface area contributed by atoms with Gasteiger partial charge in [-0.1, -0.05) is 67.5 Å². The lowest BCUT2D eigenvalue weighted by molar-refractivity contribution is -0.474. The number of benzene rings is 2. The summed E-state index contributed by atoms with van der Waals surface area (Å²) in [5, 5.41) is 6.52. The Morgan fingerprint density at radius 3 is 2.21 bits per heavy atom. The molecule has 9 heteroatoms. The molecule has 0 aromatic heterocycles. The fraction of sp³-hybridized carbons (Fsp3) is 0.458. The van der Waals surface area contributed by atoms with Crippen LogP contribution in [0.1, 0.15) is 30.9 Å². The molecule has 1 amide bonds. The maximum atomic E-state index is 12.9. The molecule has 2 aromatic rings. The van der Waals surface area contributed by atoms with Gasteiger partial charge in [-0.2, -0.15) is 0 Å². The molecular weight excluding hydrogens is 424 g/mol. The van der Waals surface area contributed by atoms with Crippen molar-refractivity contribution in [1.29, 1.82) is 0 Å². The standard InChI is InChI=1S/C24H26N4O5/c1-15(27-28-25)21(24-31-12-23(2,13-32-24)14-33-24)26-22(29)30-11-20-18-9-5-3-7-16(18)17-8-4-6-10-19(17)20/h3-10,15,20-21H,11-14H2,1-2H3,(H,26,29)/t15-,21-,23?,24?/m0/s1. The molecule has 0 radical (unpaired) electrons. The summed E-state index contributed by atoms with van der Waals surface area (Å²) < 4.78 is 23.3. The van der Waals surface area contributed by atoms with Gasteiger partial charge in [0.25, 0.3) is 0 Å². The highest BCUT2D eigenvalue weighted by molar-refractivity contribution is 5.79. The SMILES string of the molecule is C[C@H](N=[N+]=[N-])[C@H](NC(=O)OCC1c2ccccc2-c2ccccc21)C12OCC(C)(CO1)CO2. The third-order valence-electron chi connectivity index (χ3n) is 6.58. The van der Waals surface area contributed by atoms with Crippen LogP contribution in [0.25, 0.3) is 21.6 Å². The van der Waals surface area contributed by atoms with E-state index in [1.165, 1.54) is 0 Å². The topological polar surface area (TPSA) is 115 Å². The van der Waals surface area contributed by atoms with E-state index in [1.54, 1.807) is 6.92 Å². The molecule has 3 heterocycles. The Bertz CT molecular complexity index is 1050. The first-order valence-corrected chi connectivity index (χ1v) is 11.0. The molecule has 2 atom stereocenters. The van der Waals surface area contributed by atoms with E-state index in [-0.39, 0.29) is 17.9 Å². The van der Waals surface area contributed by atoms with Gasteiger partial charge in [-0.3, -0.25) is 0 Å². The van der Waals surface area contributed by atoms with Crippen molar-refractivity contribution in [2.24, 2.45) is 10.5 Å². The second-order valence-electron chi connectivity index (χ2n) is 9.17. The lowest BCUT2D eigenvalue weighted by Gasteiger charge is -2.53. The summed E-state index contributed by atoms with van der Waals surface area (Å²) in [6, 6.07) is 14.7. The van der Waals surface area contributed by atoms with E-state index in [2.05, 4.69) is 39.6 Å². The lowest BCUT2D eigenvalue weighted by atomic mass is 9.90. The van der Waals surface area contributed by atoms with Crippen molar-refractivity contribution in [3.05, 3.63) is 70.1 Å². The van der Waals surface area contributed by atoms with Crippen LogP contribution in [0.4, 0.5) is 4.79 Å². The minimum atomic E-state index is -1.52. The quantitative estimate of drug-likeness (QED) is 0.400. The molecule has 1 N–H and O–H groups in total. The van der Waals surface area contributed by atoms with Crippen LogP contribution in [0.15, 0.2) is 53.6 Å². The van der Waals surface area contributed by atoms with Gasteiger partial charge in [0.15, 0.2) is 0 Å². The summed E-state index contributed by atoms with van der Waals surface area (Å²) in [7, 11) is 0. The van der Waals surface area contributed by atoms with Gasteiger partial charge >= 0.3 is 12.1 Å². The number of amides is 1. The third-order valence-corrected chi connectivity index (χ3v) is 6.58. The summed E-state index contributed by atoms with van der Waals surface area (Å²) >= 11 is 0. The van der Waals surface area contributed by atoms with Crippen molar-refractivity contribution in [3.8, 4) is 11.1 Å². The van der Waals surface area contributed by atoms with Gasteiger partial charge < -0.3 is 24.3 Å². The van der Waals surface area contributed by atoms with Crippen molar-refractivity contribution in [2.75, 3.05) is 26.4 Å². The van der Waals surface area contributed by atoms with Crippen LogP contribution in [0.2, 0.25) is 0 Å². The zero-order valence-electron chi connectivity index (χ0n) is 18.6. The Morgan fingerprint density at radius 1 is 1.12 bits per heavy atom. The van der Waals surface area contributed by atoms with Crippen molar-refractivity contribution in [1.82, 2.24) is 5.32 Å². The van der Waals surface area contributed by atoms with Crippen molar-refractivity contribution < 1.29 is 23.7 Å². The molecule has 3 saturated heterocycles. The summed E-state index contributed by atoms with van der Waals surface area (Å²) in [5.41, 5.74) is 13.3. The molecule has 172 valence electrons. The van der Waals surface area contributed by atoms with Gasteiger partial charge in [0.2, 0.25) is 0 Å². The van der Waals surface area contributed by atoms with Crippen LogP contribution in [0.3, 0.4) is 0 Å². The van der Waals surface area contributed by atoms with Crippen molar-refractivity contribution >= 4 is 6.09 Å². The highest BCUT2D eigenvalue weighted by Gasteiger charge is 2.57. The minimum absolute atomic E-state index is 0.0665. The molecule has 9 nitrogen and oxygen atoms in total. The number of azide groups is 1. The number of nitrogens with zero attached hydrogens (tertiary/aromatic N) is 3. The van der Waals surface area contributed by atoms with Crippen LogP contribution in [0, 0.1) is 5.41 Å². The molecule has 1 aliphatic carbocycles. The number of ether oxygens (including phenoxy) is 4. The fourth-order valence-corrected chi connectivity index (χ4v) is 4.76. The number of fused-ring (bicyclic) bond motifs is 6. The average Bonchev–Trinajstić information content (AvgIpc) is 3.16. The van der Waals surface area contributed by atoms with E-state index in [0.29, 0.717) is 19.8 Å². The highest BCUT2D eigenvalue weighted by Crippen LogP contribution is 2.45. The van der Waals surface area contributed by atoms with Gasteiger partial charge in [-0.25, -0.2) is 4.79 Å². The maximum absolute atomic E-state index is 12.9. The Labute approximate surface area is 191 Å². The Hall–Kier alpha value is -3.10. The molecule has 2 bridgehead atoms.